The molecule has 0 aromatic rings. The molecule has 0 aliphatic rings. The van der Waals surface area contributed by atoms with Crippen LogP contribution in [0, 0.1) is 0 Å². The van der Waals surface area contributed by atoms with Gasteiger partial charge in [-0.25, -0.2) is 0 Å². The van der Waals surface area contributed by atoms with Gasteiger partial charge in [0.25, 0.3) is 0 Å². The molecule has 1 N–H and O–H groups in total. The van der Waals surface area contributed by atoms with Gasteiger partial charge in [0.1, 0.15) is 19.2 Å². The van der Waals surface area contributed by atoms with Gasteiger partial charge in [-0.05, 0) is 25.7 Å². The summed E-state index contributed by atoms with van der Waals surface area (Å²) in [4.78, 5) is 11.2. The van der Waals surface area contributed by atoms with Crippen molar-refractivity contribution in [1.29, 1.82) is 0 Å². The van der Waals surface area contributed by atoms with Crippen molar-refractivity contribution in [2.75, 3.05) is 26.2 Å². The number of hydrogen-bond acceptors (Lipinski definition) is 3. The molecule has 0 aromatic carbocycles. The smallest absolute Gasteiger partial charge is 0.119 e. The van der Waals surface area contributed by atoms with E-state index in [9.17, 15) is 15.0 Å². The number of nitrogens with zero attached hydrogens (tertiary/aromatic N) is 1. The van der Waals surface area contributed by atoms with Gasteiger partial charge in [0.15, 0.2) is 0 Å². The number of carbonyl (C=O) groups is 1. The summed E-state index contributed by atoms with van der Waals surface area (Å²) in [5, 5.41) is 21.5. The monoisotopic (exact) mass is 313 g/mol. The van der Waals surface area contributed by atoms with E-state index in [0.717, 1.165) is 51.6 Å². The van der Waals surface area contributed by atoms with Crippen LogP contribution in [0.2, 0.25) is 0 Å². The Morgan fingerprint density at radius 2 is 1.68 bits per heavy atom. The molecular weight excluding hydrogens is 278 g/mol. The second kappa shape index (κ2) is 12.7. The number of rotatable bonds is 14. The topological polar surface area (TPSA) is 60.4 Å². The molecule has 1 atom stereocenters. The summed E-state index contributed by atoms with van der Waals surface area (Å²) >= 11 is 0. The number of carboxylic acid groups (broad SMARTS) is 1. The van der Waals surface area contributed by atoms with Crippen LogP contribution in [0.1, 0.15) is 65.7 Å². The first-order valence-electron chi connectivity index (χ1n) is 8.87. The maximum Gasteiger partial charge on any atom is 0.119 e. The van der Waals surface area contributed by atoms with E-state index in [2.05, 4.69) is 26.8 Å². The van der Waals surface area contributed by atoms with Crippen molar-refractivity contribution in [2.45, 2.75) is 71.8 Å². The Hall–Kier alpha value is -0.870. The average Bonchev–Trinajstić information content (AvgIpc) is 2.47. The second-order valence-electron chi connectivity index (χ2n) is 6.36. The fraction of sp³-hybridized carbons (Fsp3) is 0.833. The third-order valence-electron chi connectivity index (χ3n) is 4.06. The molecule has 0 heterocycles. The molecule has 0 aromatic heterocycles. The fourth-order valence-corrected chi connectivity index (χ4v) is 2.84. The SMILES string of the molecule is CCC/C=C/CC(O)C[N+](CCCC)(CCCC)CC(=O)[O-]. The van der Waals surface area contributed by atoms with Crippen LogP contribution in [0.15, 0.2) is 12.2 Å². The van der Waals surface area contributed by atoms with Crippen molar-refractivity contribution in [3.8, 4) is 0 Å². The molecule has 0 saturated heterocycles. The molecule has 4 heteroatoms. The molecule has 0 saturated carbocycles. The highest BCUT2D eigenvalue weighted by Gasteiger charge is 2.29. The minimum Gasteiger partial charge on any atom is -0.544 e. The zero-order valence-corrected chi connectivity index (χ0v) is 14.7. The summed E-state index contributed by atoms with van der Waals surface area (Å²) < 4.78 is 0.451. The Labute approximate surface area is 136 Å². The number of quaternary nitrogens is 1. The van der Waals surface area contributed by atoms with Gasteiger partial charge in [0.05, 0.1) is 19.1 Å². The number of carbonyl (C=O) groups excluding carboxylic acids is 1. The third kappa shape index (κ3) is 9.96. The van der Waals surface area contributed by atoms with E-state index in [1.165, 1.54) is 0 Å². The molecule has 0 bridgehead atoms. The van der Waals surface area contributed by atoms with E-state index in [4.69, 9.17) is 0 Å². The third-order valence-corrected chi connectivity index (χ3v) is 4.06. The maximum absolute atomic E-state index is 11.2. The number of unbranched alkanes of at least 4 members (excludes halogenated alkanes) is 3. The second-order valence-corrected chi connectivity index (χ2v) is 6.36. The van der Waals surface area contributed by atoms with Crippen molar-refractivity contribution in [1.82, 2.24) is 0 Å². The van der Waals surface area contributed by atoms with Crippen LogP contribution in [-0.2, 0) is 4.79 Å². The van der Waals surface area contributed by atoms with E-state index in [1.54, 1.807) is 0 Å². The highest BCUT2D eigenvalue weighted by Crippen LogP contribution is 2.15. The Bertz CT molecular complexity index is 307. The molecule has 130 valence electrons. The Morgan fingerprint density at radius 3 is 2.14 bits per heavy atom. The molecule has 22 heavy (non-hydrogen) atoms. The van der Waals surface area contributed by atoms with Crippen LogP contribution in [0.5, 0.6) is 0 Å². The average molecular weight is 313 g/mol. The van der Waals surface area contributed by atoms with E-state index >= 15 is 0 Å². The first-order valence-corrected chi connectivity index (χ1v) is 8.87. The highest BCUT2D eigenvalue weighted by atomic mass is 16.4. The van der Waals surface area contributed by atoms with Crippen LogP contribution >= 0.6 is 0 Å². The van der Waals surface area contributed by atoms with Crippen LogP contribution in [0.4, 0.5) is 0 Å². The Morgan fingerprint density at radius 1 is 1.09 bits per heavy atom. The van der Waals surface area contributed by atoms with Gasteiger partial charge in [-0.2, -0.15) is 0 Å². The maximum atomic E-state index is 11.2. The molecule has 0 rings (SSSR count). The first-order chi connectivity index (χ1) is 10.5. The summed E-state index contributed by atoms with van der Waals surface area (Å²) in [5.41, 5.74) is 0. The molecular formula is C18H35NO3. The van der Waals surface area contributed by atoms with Crippen LogP contribution in [0.3, 0.4) is 0 Å². The number of carboxylic acids is 1. The lowest BCUT2D eigenvalue weighted by Crippen LogP contribution is -2.58. The number of aliphatic carboxylic acids is 1. The van der Waals surface area contributed by atoms with E-state index in [-0.39, 0.29) is 6.54 Å². The standard InChI is InChI=1S/C18H35NO3/c1-4-7-10-11-12-17(20)15-19(13-8-5-2,14-9-6-3)16-18(21)22/h10-11,17,20H,4-9,12-16H2,1-3H3/b11-10+. The van der Waals surface area contributed by atoms with Crippen molar-refractivity contribution >= 4 is 5.97 Å². The summed E-state index contributed by atoms with van der Waals surface area (Å²) in [6.07, 6.45) is 10.4. The van der Waals surface area contributed by atoms with Gasteiger partial charge >= 0.3 is 0 Å². The van der Waals surface area contributed by atoms with Crippen molar-refractivity contribution in [2.24, 2.45) is 0 Å². The van der Waals surface area contributed by atoms with Gasteiger partial charge < -0.3 is 19.5 Å². The highest BCUT2D eigenvalue weighted by molar-refractivity contribution is 5.65. The molecule has 0 radical (unpaired) electrons. The lowest BCUT2D eigenvalue weighted by atomic mass is 10.1. The van der Waals surface area contributed by atoms with E-state index in [0.29, 0.717) is 17.4 Å². The zero-order chi connectivity index (χ0) is 16.8. The molecule has 0 fully saturated rings. The number of hydrogen-bond donors (Lipinski definition) is 1. The van der Waals surface area contributed by atoms with E-state index < -0.39 is 12.1 Å². The molecule has 0 aliphatic heterocycles. The largest absolute Gasteiger partial charge is 0.544 e. The Kier molecular flexibility index (Phi) is 12.2. The van der Waals surface area contributed by atoms with Crippen LogP contribution in [0.25, 0.3) is 0 Å². The summed E-state index contributed by atoms with van der Waals surface area (Å²) in [7, 11) is 0. The molecule has 1 unspecified atom stereocenters. The van der Waals surface area contributed by atoms with Crippen LogP contribution < -0.4 is 5.11 Å². The normalized spacial score (nSPS) is 13.6. The van der Waals surface area contributed by atoms with Crippen LogP contribution in [-0.4, -0.2) is 47.8 Å². The number of allylic oxidation sites excluding steroid dienone is 1. The molecule has 0 aliphatic carbocycles. The number of aliphatic hydroxyl groups excluding tert-OH is 1. The quantitative estimate of drug-likeness (QED) is 0.395. The van der Waals surface area contributed by atoms with Crippen molar-refractivity contribution < 1.29 is 19.5 Å². The minimum atomic E-state index is -1.01. The summed E-state index contributed by atoms with van der Waals surface area (Å²) in [6.45, 7) is 8.47. The predicted octanol–water partition coefficient (Wildman–Crippen LogP) is 2.26. The molecule has 0 amide bonds. The lowest BCUT2D eigenvalue weighted by Gasteiger charge is -2.40. The fourth-order valence-electron chi connectivity index (χ4n) is 2.84. The Balaban J connectivity index is 4.79. The van der Waals surface area contributed by atoms with Gasteiger partial charge in [0, 0.05) is 0 Å². The summed E-state index contributed by atoms with van der Waals surface area (Å²) in [5.74, 6) is -1.01. The minimum absolute atomic E-state index is 0.00966. The first kappa shape index (κ1) is 21.1. The lowest BCUT2D eigenvalue weighted by molar-refractivity contribution is -0.926. The van der Waals surface area contributed by atoms with Crippen molar-refractivity contribution in [3.63, 3.8) is 0 Å². The van der Waals surface area contributed by atoms with Gasteiger partial charge in [-0.1, -0.05) is 52.2 Å². The van der Waals surface area contributed by atoms with Gasteiger partial charge in [-0.3, -0.25) is 0 Å². The molecule has 0 spiro atoms. The molecule has 4 nitrogen and oxygen atoms in total. The van der Waals surface area contributed by atoms with E-state index in [1.807, 2.05) is 6.08 Å². The summed E-state index contributed by atoms with van der Waals surface area (Å²) in [6, 6.07) is 0. The van der Waals surface area contributed by atoms with Gasteiger partial charge in [0.2, 0.25) is 0 Å². The van der Waals surface area contributed by atoms with Gasteiger partial charge in [-0.15, -0.1) is 0 Å². The number of aliphatic hydroxyl groups is 1. The predicted molar refractivity (Wildman–Crippen MR) is 89.2 cm³/mol. The zero-order valence-electron chi connectivity index (χ0n) is 14.7. The van der Waals surface area contributed by atoms with Crippen molar-refractivity contribution in [3.05, 3.63) is 12.2 Å².